The molecule has 1 aromatic rings. The third-order valence-corrected chi connectivity index (χ3v) is 4.95. The van der Waals surface area contributed by atoms with Crippen molar-refractivity contribution in [3.63, 3.8) is 0 Å². The lowest BCUT2D eigenvalue weighted by Gasteiger charge is -2.35. The molecule has 3 unspecified atom stereocenters. The molecule has 114 valence electrons. The molecule has 0 spiro atoms. The third kappa shape index (κ3) is 3.51. The van der Waals surface area contributed by atoms with Crippen molar-refractivity contribution in [2.45, 2.75) is 58.8 Å². The number of anilines is 1. The second-order valence-corrected chi connectivity index (χ2v) is 6.87. The van der Waals surface area contributed by atoms with Crippen molar-refractivity contribution in [1.82, 2.24) is 10.3 Å². The Morgan fingerprint density at radius 2 is 2.05 bits per heavy atom. The predicted octanol–water partition coefficient (Wildman–Crippen LogP) is 2.99. The molecule has 3 atom stereocenters. The molecular formula is C15H27N3OS. The van der Waals surface area contributed by atoms with Gasteiger partial charge < -0.3 is 15.0 Å². The maximum Gasteiger partial charge on any atom is 0.186 e. The third-order valence-electron chi connectivity index (χ3n) is 3.82. The maximum atomic E-state index is 5.81. The fourth-order valence-corrected chi connectivity index (χ4v) is 3.90. The van der Waals surface area contributed by atoms with Gasteiger partial charge in [0.1, 0.15) is 0 Å². The van der Waals surface area contributed by atoms with Gasteiger partial charge in [0, 0.05) is 24.5 Å². The van der Waals surface area contributed by atoms with E-state index in [4.69, 9.17) is 9.72 Å². The molecule has 0 aromatic carbocycles. The molecule has 0 saturated carbocycles. The molecule has 0 radical (unpaired) electrons. The molecule has 1 aliphatic rings. The van der Waals surface area contributed by atoms with Gasteiger partial charge in [0.05, 0.1) is 17.9 Å². The van der Waals surface area contributed by atoms with Gasteiger partial charge in [-0.05, 0) is 33.2 Å². The zero-order chi connectivity index (χ0) is 14.7. The second-order valence-electron chi connectivity index (χ2n) is 5.81. The summed E-state index contributed by atoms with van der Waals surface area (Å²) in [6.07, 6.45) is 1.69. The van der Waals surface area contributed by atoms with Crippen LogP contribution in [-0.4, -0.2) is 37.3 Å². The molecule has 5 heteroatoms. The lowest BCUT2D eigenvalue weighted by molar-refractivity contribution is -0.00523. The van der Waals surface area contributed by atoms with Crippen LogP contribution in [0.3, 0.4) is 0 Å². The zero-order valence-corrected chi connectivity index (χ0v) is 14.1. The first kappa shape index (κ1) is 15.7. The number of nitrogens with one attached hydrogen (secondary N) is 1. The summed E-state index contributed by atoms with van der Waals surface area (Å²) >= 11 is 1.84. The molecule has 0 amide bonds. The maximum absolute atomic E-state index is 5.81. The summed E-state index contributed by atoms with van der Waals surface area (Å²) in [5, 5.41) is 4.42. The van der Waals surface area contributed by atoms with Crippen LogP contribution in [0.4, 0.5) is 5.13 Å². The lowest BCUT2D eigenvalue weighted by Crippen LogP contribution is -2.45. The SMILES string of the molecule is CCC(C)c1nc(N2CC(C)OC(C)C2)sc1CNC. The van der Waals surface area contributed by atoms with Crippen LogP contribution in [0.15, 0.2) is 0 Å². The molecule has 1 saturated heterocycles. The summed E-state index contributed by atoms with van der Waals surface area (Å²) in [6.45, 7) is 11.6. The van der Waals surface area contributed by atoms with Gasteiger partial charge >= 0.3 is 0 Å². The highest BCUT2D eigenvalue weighted by Crippen LogP contribution is 2.33. The molecule has 1 N–H and O–H groups in total. The average Bonchev–Trinajstić information content (AvgIpc) is 2.81. The number of hydrogen-bond acceptors (Lipinski definition) is 5. The number of ether oxygens (including phenoxy) is 1. The molecular weight excluding hydrogens is 270 g/mol. The highest BCUT2D eigenvalue weighted by atomic mass is 32.1. The van der Waals surface area contributed by atoms with Crippen LogP contribution >= 0.6 is 11.3 Å². The molecule has 2 rings (SSSR count). The van der Waals surface area contributed by atoms with E-state index in [9.17, 15) is 0 Å². The normalized spacial score (nSPS) is 24.9. The predicted molar refractivity (Wildman–Crippen MR) is 85.8 cm³/mol. The van der Waals surface area contributed by atoms with Crippen LogP contribution < -0.4 is 10.2 Å². The minimum atomic E-state index is 0.280. The van der Waals surface area contributed by atoms with Gasteiger partial charge in [-0.2, -0.15) is 0 Å². The van der Waals surface area contributed by atoms with E-state index in [1.54, 1.807) is 0 Å². The Kier molecular flexibility index (Phi) is 5.41. The lowest BCUT2D eigenvalue weighted by atomic mass is 10.0. The molecule has 0 aliphatic carbocycles. The first-order valence-electron chi connectivity index (χ1n) is 7.59. The molecule has 4 nitrogen and oxygen atoms in total. The number of morpholine rings is 1. The Morgan fingerprint density at radius 1 is 1.40 bits per heavy atom. The van der Waals surface area contributed by atoms with E-state index in [0.717, 1.165) is 31.2 Å². The first-order valence-corrected chi connectivity index (χ1v) is 8.41. The van der Waals surface area contributed by atoms with Crippen molar-refractivity contribution in [3.8, 4) is 0 Å². The standard InChI is InChI=1S/C15H27N3OS/c1-6-10(2)14-13(7-16-5)20-15(17-14)18-8-11(3)19-12(4)9-18/h10-12,16H,6-9H2,1-5H3. The van der Waals surface area contributed by atoms with Crippen molar-refractivity contribution in [3.05, 3.63) is 10.6 Å². The Morgan fingerprint density at radius 3 is 2.60 bits per heavy atom. The van der Waals surface area contributed by atoms with Crippen molar-refractivity contribution < 1.29 is 4.74 Å². The number of thiazole rings is 1. The summed E-state index contributed by atoms with van der Waals surface area (Å²) in [5.41, 5.74) is 1.27. The van der Waals surface area contributed by atoms with Gasteiger partial charge in [-0.3, -0.25) is 0 Å². The average molecular weight is 297 g/mol. The van der Waals surface area contributed by atoms with E-state index < -0.39 is 0 Å². The molecule has 1 aromatic heterocycles. The van der Waals surface area contributed by atoms with Crippen molar-refractivity contribution in [2.75, 3.05) is 25.0 Å². The topological polar surface area (TPSA) is 37.4 Å². The van der Waals surface area contributed by atoms with E-state index in [-0.39, 0.29) is 12.2 Å². The largest absolute Gasteiger partial charge is 0.372 e. The van der Waals surface area contributed by atoms with Gasteiger partial charge in [0.25, 0.3) is 0 Å². The Labute approximate surface area is 126 Å². The van der Waals surface area contributed by atoms with Crippen LogP contribution in [0.1, 0.15) is 50.6 Å². The summed E-state index contributed by atoms with van der Waals surface area (Å²) in [5.74, 6) is 0.527. The van der Waals surface area contributed by atoms with E-state index >= 15 is 0 Å². The highest BCUT2D eigenvalue weighted by molar-refractivity contribution is 7.15. The summed E-state index contributed by atoms with van der Waals surface area (Å²) in [6, 6.07) is 0. The van der Waals surface area contributed by atoms with Gasteiger partial charge in [-0.1, -0.05) is 13.8 Å². The minimum absolute atomic E-state index is 0.280. The Hall–Kier alpha value is -0.650. The summed E-state index contributed by atoms with van der Waals surface area (Å²) in [4.78, 5) is 8.70. The molecule has 0 bridgehead atoms. The molecule has 2 heterocycles. The van der Waals surface area contributed by atoms with Crippen LogP contribution in [0, 0.1) is 0 Å². The number of aromatic nitrogens is 1. The van der Waals surface area contributed by atoms with Crippen LogP contribution in [0.25, 0.3) is 0 Å². The van der Waals surface area contributed by atoms with Gasteiger partial charge in [-0.15, -0.1) is 11.3 Å². The minimum Gasteiger partial charge on any atom is -0.372 e. The number of hydrogen-bond donors (Lipinski definition) is 1. The summed E-state index contributed by atoms with van der Waals surface area (Å²) in [7, 11) is 2.00. The number of nitrogens with zero attached hydrogens (tertiary/aromatic N) is 2. The monoisotopic (exact) mass is 297 g/mol. The highest BCUT2D eigenvalue weighted by Gasteiger charge is 2.26. The van der Waals surface area contributed by atoms with E-state index in [1.165, 1.54) is 10.6 Å². The first-order chi connectivity index (χ1) is 9.55. The van der Waals surface area contributed by atoms with Crippen LogP contribution in [0.5, 0.6) is 0 Å². The fraction of sp³-hybridized carbons (Fsp3) is 0.800. The van der Waals surface area contributed by atoms with Gasteiger partial charge in [0.2, 0.25) is 0 Å². The van der Waals surface area contributed by atoms with E-state index in [2.05, 4.69) is 37.9 Å². The van der Waals surface area contributed by atoms with E-state index in [1.807, 2.05) is 18.4 Å². The quantitative estimate of drug-likeness (QED) is 0.906. The fourth-order valence-electron chi connectivity index (χ4n) is 2.69. The number of rotatable bonds is 5. The van der Waals surface area contributed by atoms with Crippen molar-refractivity contribution in [1.29, 1.82) is 0 Å². The Balaban J connectivity index is 2.23. The van der Waals surface area contributed by atoms with Crippen LogP contribution in [-0.2, 0) is 11.3 Å². The van der Waals surface area contributed by atoms with Gasteiger partial charge in [-0.25, -0.2) is 4.98 Å². The second kappa shape index (κ2) is 6.87. The molecule has 1 aliphatic heterocycles. The van der Waals surface area contributed by atoms with Crippen molar-refractivity contribution in [2.24, 2.45) is 0 Å². The van der Waals surface area contributed by atoms with Crippen LogP contribution in [0.2, 0.25) is 0 Å². The smallest absolute Gasteiger partial charge is 0.186 e. The van der Waals surface area contributed by atoms with E-state index in [0.29, 0.717) is 5.92 Å². The molecule has 20 heavy (non-hydrogen) atoms. The Bertz CT molecular complexity index is 425. The summed E-state index contributed by atoms with van der Waals surface area (Å²) < 4.78 is 5.81. The molecule has 1 fully saturated rings. The van der Waals surface area contributed by atoms with Gasteiger partial charge in [0.15, 0.2) is 5.13 Å². The zero-order valence-electron chi connectivity index (χ0n) is 13.3. The van der Waals surface area contributed by atoms with Crippen molar-refractivity contribution >= 4 is 16.5 Å².